The van der Waals surface area contributed by atoms with Crippen LogP contribution < -0.4 is 4.57 Å². The van der Waals surface area contributed by atoms with Gasteiger partial charge in [-0.05, 0) is 0 Å². The molecule has 0 saturated carbocycles. The van der Waals surface area contributed by atoms with Gasteiger partial charge in [-0.1, -0.05) is 0 Å². The van der Waals surface area contributed by atoms with E-state index >= 15 is 0 Å². The Morgan fingerprint density at radius 1 is 1.30 bits per heavy atom. The first-order chi connectivity index (χ1) is 4.55. The molecule has 10 heavy (non-hydrogen) atoms. The van der Waals surface area contributed by atoms with E-state index in [0.29, 0.717) is 0 Å². The molecule has 0 aliphatic heterocycles. The fourth-order valence-electron chi connectivity index (χ4n) is 0.513. The summed E-state index contributed by atoms with van der Waals surface area (Å²) in [4.78, 5) is -1.00. The van der Waals surface area contributed by atoms with Gasteiger partial charge in [0, 0.05) is 9.27 Å². The van der Waals surface area contributed by atoms with Gasteiger partial charge in [0.2, 0.25) is 0 Å². The van der Waals surface area contributed by atoms with Crippen LogP contribution in [0.25, 0.3) is 0 Å². The van der Waals surface area contributed by atoms with Crippen molar-refractivity contribution in [3.8, 4) is 0 Å². The highest BCUT2D eigenvalue weighted by atomic mass is 19.2. The van der Waals surface area contributed by atoms with Crippen molar-refractivity contribution in [3.63, 3.8) is 0 Å². The number of nitrogens with zero attached hydrogens (tertiary/aromatic N) is 2. The van der Waals surface area contributed by atoms with Crippen molar-refractivity contribution in [3.05, 3.63) is 18.0 Å². The largest absolute Gasteiger partial charge is 0.487 e. The predicted molar refractivity (Wildman–Crippen MR) is 22.0 cm³/mol. The van der Waals surface area contributed by atoms with E-state index in [2.05, 4.69) is 0 Å². The second kappa shape index (κ2) is 1.96. The Hall–Kier alpha value is -1.07. The van der Waals surface area contributed by atoms with Crippen molar-refractivity contribution in [2.24, 2.45) is 7.05 Å². The molecule has 0 amide bonds. The molecule has 1 rings (SSSR count). The van der Waals surface area contributed by atoms with Crippen molar-refractivity contribution < 1.29 is 22.2 Å². The molecule has 0 N–H and O–H groups in total. The van der Waals surface area contributed by atoms with Gasteiger partial charge in [0.15, 0.2) is 0 Å². The SMILES string of the molecule is C[n+]1c(F)c(F)n(F)c1F. The third-order valence-electron chi connectivity index (χ3n) is 1.08. The molecule has 0 bridgehead atoms. The summed E-state index contributed by atoms with van der Waals surface area (Å²) in [6.07, 6.45) is -1.62. The normalized spacial score (nSPS) is 10.5. The monoisotopic (exact) mass is 155 g/mol. The molecule has 0 aliphatic rings. The predicted octanol–water partition coefficient (Wildman–Crippen LogP) is 0.462. The van der Waals surface area contributed by atoms with Crippen LogP contribution in [0.1, 0.15) is 0 Å². The zero-order valence-electron chi connectivity index (χ0n) is 4.91. The van der Waals surface area contributed by atoms with Crippen molar-refractivity contribution in [2.45, 2.75) is 0 Å². The molecule has 0 aliphatic carbocycles. The molecular weight excluding hydrogens is 152 g/mol. The van der Waals surface area contributed by atoms with Gasteiger partial charge in [-0.3, -0.25) is 0 Å². The molecule has 0 aromatic carbocycles. The van der Waals surface area contributed by atoms with Gasteiger partial charge >= 0.3 is 18.0 Å². The van der Waals surface area contributed by atoms with Crippen molar-refractivity contribution >= 4 is 0 Å². The smallest absolute Gasteiger partial charge is 0.170 e. The van der Waals surface area contributed by atoms with Gasteiger partial charge in [0.25, 0.3) is 0 Å². The van der Waals surface area contributed by atoms with Crippen LogP contribution in [-0.4, -0.2) is 4.79 Å². The van der Waals surface area contributed by atoms with Crippen LogP contribution in [0.3, 0.4) is 0 Å². The average Bonchev–Trinajstić information content (AvgIpc) is 2.07. The number of hydrogen-bond donors (Lipinski definition) is 0. The molecule has 1 aromatic rings. The molecule has 0 atom stereocenters. The summed E-state index contributed by atoms with van der Waals surface area (Å²) in [5.41, 5.74) is 0. The summed E-state index contributed by atoms with van der Waals surface area (Å²) in [6, 6.07) is 0. The fourth-order valence-corrected chi connectivity index (χ4v) is 0.513. The second-order valence-electron chi connectivity index (χ2n) is 1.69. The summed E-state index contributed by atoms with van der Waals surface area (Å²) in [7, 11) is 0.865. The Labute approximate surface area is 53.2 Å². The molecule has 6 heteroatoms. The minimum Gasteiger partial charge on any atom is -0.170 e. The standard InChI is InChI=1S/C4H3F4N2/c1-9-2(5)3(6)10(8)4(9)7/h1H3/q+1. The van der Waals surface area contributed by atoms with Gasteiger partial charge in [-0.2, -0.15) is 8.96 Å². The Morgan fingerprint density at radius 3 is 1.90 bits per heavy atom. The first-order valence-corrected chi connectivity index (χ1v) is 2.33. The molecule has 56 valence electrons. The zero-order valence-corrected chi connectivity index (χ0v) is 4.91. The van der Waals surface area contributed by atoms with Crippen LogP contribution in [0.4, 0.5) is 17.7 Å². The van der Waals surface area contributed by atoms with Gasteiger partial charge in [-0.15, -0.1) is 8.78 Å². The van der Waals surface area contributed by atoms with Crippen LogP contribution in [-0.2, 0) is 7.05 Å². The third kappa shape index (κ3) is 0.680. The zero-order chi connectivity index (χ0) is 7.89. The van der Waals surface area contributed by atoms with Crippen LogP contribution in [0, 0.1) is 18.0 Å². The summed E-state index contributed by atoms with van der Waals surface area (Å²) in [6.45, 7) is 0. The lowest BCUT2D eigenvalue weighted by molar-refractivity contribution is -0.728. The molecule has 1 heterocycles. The van der Waals surface area contributed by atoms with E-state index in [-0.39, 0.29) is 4.57 Å². The number of imidazole rings is 1. The molecule has 0 unspecified atom stereocenters. The number of aromatic nitrogens is 2. The molecular formula is C4H3F4N2+. The summed E-state index contributed by atoms with van der Waals surface area (Å²) in [5, 5.41) is 0. The summed E-state index contributed by atoms with van der Waals surface area (Å²) < 4.78 is 48.2. The first-order valence-electron chi connectivity index (χ1n) is 2.33. The van der Waals surface area contributed by atoms with Crippen molar-refractivity contribution in [2.75, 3.05) is 0 Å². The lowest BCUT2D eigenvalue weighted by atomic mass is 10.8. The summed E-state index contributed by atoms with van der Waals surface area (Å²) in [5.74, 6) is -3.43. The van der Waals surface area contributed by atoms with E-state index in [1.54, 1.807) is 0 Å². The molecule has 0 spiro atoms. The van der Waals surface area contributed by atoms with Gasteiger partial charge in [-0.25, -0.2) is 0 Å². The Kier molecular flexibility index (Phi) is 1.38. The van der Waals surface area contributed by atoms with Crippen LogP contribution >= 0.6 is 0 Å². The molecule has 1 aromatic heterocycles. The quantitative estimate of drug-likeness (QED) is 0.380. The number of hydrogen-bond acceptors (Lipinski definition) is 0. The maximum absolute atomic E-state index is 12.1. The Morgan fingerprint density at radius 2 is 1.80 bits per heavy atom. The minimum atomic E-state index is -1.86. The van der Waals surface area contributed by atoms with Crippen LogP contribution in [0.5, 0.6) is 0 Å². The van der Waals surface area contributed by atoms with E-state index in [9.17, 15) is 17.7 Å². The van der Waals surface area contributed by atoms with E-state index < -0.39 is 22.8 Å². The topological polar surface area (TPSA) is 8.81 Å². The average molecular weight is 155 g/mol. The third-order valence-corrected chi connectivity index (χ3v) is 1.08. The van der Waals surface area contributed by atoms with Crippen LogP contribution in [0.15, 0.2) is 0 Å². The highest BCUT2D eigenvalue weighted by molar-refractivity contribution is 4.73. The van der Waals surface area contributed by atoms with Gasteiger partial charge in [0.1, 0.15) is 0 Å². The van der Waals surface area contributed by atoms with Gasteiger partial charge in [0.05, 0.1) is 7.05 Å². The van der Waals surface area contributed by atoms with Crippen LogP contribution in [0.2, 0.25) is 0 Å². The minimum absolute atomic E-state index is 0.120. The maximum Gasteiger partial charge on any atom is 0.487 e. The molecule has 0 fully saturated rings. The maximum atomic E-state index is 12.1. The Balaban J connectivity index is 3.44. The van der Waals surface area contributed by atoms with E-state index in [1.165, 1.54) is 0 Å². The lowest BCUT2D eigenvalue weighted by Crippen LogP contribution is -2.34. The summed E-state index contributed by atoms with van der Waals surface area (Å²) >= 11 is 0. The fraction of sp³-hybridized carbons (Fsp3) is 0.250. The van der Waals surface area contributed by atoms with Crippen molar-refractivity contribution in [1.82, 2.24) is 4.79 Å². The highest BCUT2D eigenvalue weighted by Gasteiger charge is 2.30. The second-order valence-corrected chi connectivity index (χ2v) is 1.69. The number of rotatable bonds is 0. The number of halogens is 4. The lowest BCUT2D eigenvalue weighted by Gasteiger charge is -1.76. The highest BCUT2D eigenvalue weighted by Crippen LogP contribution is 2.03. The van der Waals surface area contributed by atoms with E-state index in [1.807, 2.05) is 0 Å². The van der Waals surface area contributed by atoms with Crippen molar-refractivity contribution in [1.29, 1.82) is 0 Å². The molecule has 0 radical (unpaired) electrons. The first kappa shape index (κ1) is 7.04. The molecule has 2 nitrogen and oxygen atoms in total. The van der Waals surface area contributed by atoms with Gasteiger partial charge < -0.3 is 0 Å². The Bertz CT molecular complexity index is 186. The van der Waals surface area contributed by atoms with E-state index in [4.69, 9.17) is 0 Å². The van der Waals surface area contributed by atoms with E-state index in [0.717, 1.165) is 7.05 Å². The molecule has 0 saturated heterocycles.